The molecule has 1 amide bonds. The van der Waals surface area contributed by atoms with E-state index in [4.69, 9.17) is 0 Å². The Kier molecular flexibility index (Phi) is 4.49. The summed E-state index contributed by atoms with van der Waals surface area (Å²) in [5.74, 6) is 0.00311. The third-order valence-corrected chi connectivity index (χ3v) is 2.36. The third kappa shape index (κ3) is 4.25. The van der Waals surface area contributed by atoms with Gasteiger partial charge in [-0.2, -0.15) is 0 Å². The van der Waals surface area contributed by atoms with Gasteiger partial charge in [-0.1, -0.05) is 28.1 Å². The second-order valence-corrected chi connectivity index (χ2v) is 4.23. The largest absolute Gasteiger partial charge is 0.347 e. The smallest absolute Gasteiger partial charge is 0.243 e. The van der Waals surface area contributed by atoms with E-state index < -0.39 is 0 Å². The van der Waals surface area contributed by atoms with Gasteiger partial charge < -0.3 is 4.90 Å². The van der Waals surface area contributed by atoms with Crippen LogP contribution in [0, 0.1) is 0 Å². The maximum Gasteiger partial charge on any atom is 0.243 e. The topological polar surface area (TPSA) is 32.7 Å². The maximum absolute atomic E-state index is 11.2. The van der Waals surface area contributed by atoms with Gasteiger partial charge >= 0.3 is 0 Å². The molecular weight excluding hydrogens is 256 g/mol. The Morgan fingerprint density at radius 2 is 2.00 bits per heavy atom. The van der Waals surface area contributed by atoms with E-state index >= 15 is 0 Å². The Morgan fingerprint density at radius 3 is 2.53 bits per heavy atom. The lowest BCUT2D eigenvalue weighted by molar-refractivity contribution is -0.127. The summed E-state index contributed by atoms with van der Waals surface area (Å²) in [6.07, 6.45) is 1.70. The number of aliphatic imine (C=N–C) groups is 1. The standard InChI is InChI=1S/C11H13BrN2O/c1-14(2)11(15)8-13-7-9-3-5-10(12)6-4-9/h3-7H,8H2,1-2H3. The highest BCUT2D eigenvalue weighted by molar-refractivity contribution is 9.10. The predicted molar refractivity (Wildman–Crippen MR) is 65.3 cm³/mol. The van der Waals surface area contributed by atoms with Crippen molar-refractivity contribution in [3.63, 3.8) is 0 Å². The molecule has 80 valence electrons. The molecule has 0 aliphatic heterocycles. The van der Waals surface area contributed by atoms with Gasteiger partial charge in [0.05, 0.1) is 0 Å². The minimum Gasteiger partial charge on any atom is -0.347 e. The summed E-state index contributed by atoms with van der Waals surface area (Å²) in [5, 5.41) is 0. The van der Waals surface area contributed by atoms with Crippen molar-refractivity contribution in [1.29, 1.82) is 0 Å². The van der Waals surface area contributed by atoms with E-state index in [0.717, 1.165) is 10.0 Å². The van der Waals surface area contributed by atoms with Crippen LogP contribution >= 0.6 is 15.9 Å². The molecule has 0 saturated heterocycles. The van der Waals surface area contributed by atoms with E-state index in [1.165, 1.54) is 4.90 Å². The number of likely N-dealkylation sites (N-methyl/N-ethyl adjacent to an activating group) is 1. The molecule has 0 saturated carbocycles. The second kappa shape index (κ2) is 5.66. The van der Waals surface area contributed by atoms with Crippen molar-refractivity contribution in [3.05, 3.63) is 34.3 Å². The van der Waals surface area contributed by atoms with Crippen LogP contribution in [0.5, 0.6) is 0 Å². The highest BCUT2D eigenvalue weighted by Gasteiger charge is 1.99. The van der Waals surface area contributed by atoms with Crippen LogP contribution < -0.4 is 0 Å². The van der Waals surface area contributed by atoms with Gasteiger partial charge in [0.15, 0.2) is 0 Å². The van der Waals surface area contributed by atoms with Gasteiger partial charge in [-0.3, -0.25) is 9.79 Å². The van der Waals surface area contributed by atoms with Crippen LogP contribution in [0.1, 0.15) is 5.56 Å². The Hall–Kier alpha value is -1.16. The Labute approximate surface area is 97.9 Å². The first-order chi connectivity index (χ1) is 7.09. The molecule has 0 aromatic heterocycles. The fourth-order valence-electron chi connectivity index (χ4n) is 0.919. The van der Waals surface area contributed by atoms with Crippen LogP contribution in [0.4, 0.5) is 0 Å². The van der Waals surface area contributed by atoms with Gasteiger partial charge in [-0.05, 0) is 17.7 Å². The number of halogens is 1. The number of carbonyl (C=O) groups excluding carboxylic acids is 1. The van der Waals surface area contributed by atoms with Crippen LogP contribution in [-0.4, -0.2) is 37.7 Å². The minimum absolute atomic E-state index is 0.00311. The molecule has 0 spiro atoms. The van der Waals surface area contributed by atoms with Crippen molar-refractivity contribution in [3.8, 4) is 0 Å². The summed E-state index contributed by atoms with van der Waals surface area (Å²) in [6, 6.07) is 7.76. The van der Waals surface area contributed by atoms with Crippen LogP contribution in [0.25, 0.3) is 0 Å². The summed E-state index contributed by atoms with van der Waals surface area (Å²) in [7, 11) is 3.44. The van der Waals surface area contributed by atoms with E-state index in [0.29, 0.717) is 0 Å². The van der Waals surface area contributed by atoms with E-state index in [-0.39, 0.29) is 12.5 Å². The lowest BCUT2D eigenvalue weighted by atomic mass is 10.2. The molecule has 3 nitrogen and oxygen atoms in total. The van der Waals surface area contributed by atoms with Gasteiger partial charge in [0.25, 0.3) is 0 Å². The van der Waals surface area contributed by atoms with Crippen molar-refractivity contribution in [1.82, 2.24) is 4.90 Å². The van der Waals surface area contributed by atoms with Crippen molar-refractivity contribution < 1.29 is 4.79 Å². The number of nitrogens with zero attached hydrogens (tertiary/aromatic N) is 2. The first-order valence-electron chi connectivity index (χ1n) is 4.55. The zero-order chi connectivity index (χ0) is 11.3. The average molecular weight is 269 g/mol. The Balaban J connectivity index is 2.51. The summed E-state index contributed by atoms with van der Waals surface area (Å²) in [5.41, 5.74) is 0.991. The number of carbonyl (C=O) groups is 1. The van der Waals surface area contributed by atoms with Gasteiger partial charge in [-0.25, -0.2) is 0 Å². The molecular formula is C11H13BrN2O. The molecule has 0 bridgehead atoms. The SMILES string of the molecule is CN(C)C(=O)CN=Cc1ccc(Br)cc1. The normalized spacial score (nSPS) is 10.6. The number of hydrogen-bond acceptors (Lipinski definition) is 2. The average Bonchev–Trinajstić information content (AvgIpc) is 2.20. The number of benzene rings is 1. The summed E-state index contributed by atoms with van der Waals surface area (Å²) < 4.78 is 1.03. The van der Waals surface area contributed by atoms with Crippen LogP contribution in [0.3, 0.4) is 0 Å². The lowest BCUT2D eigenvalue weighted by Gasteiger charge is -2.06. The highest BCUT2D eigenvalue weighted by Crippen LogP contribution is 2.08. The highest BCUT2D eigenvalue weighted by atomic mass is 79.9. The van der Waals surface area contributed by atoms with E-state index in [2.05, 4.69) is 20.9 Å². The summed E-state index contributed by atoms with van der Waals surface area (Å²) in [6.45, 7) is 0.197. The molecule has 0 fully saturated rings. The summed E-state index contributed by atoms with van der Waals surface area (Å²) in [4.78, 5) is 16.8. The number of amides is 1. The summed E-state index contributed by atoms with van der Waals surface area (Å²) >= 11 is 3.35. The molecule has 0 heterocycles. The fraction of sp³-hybridized carbons (Fsp3) is 0.273. The number of hydrogen-bond donors (Lipinski definition) is 0. The molecule has 0 radical (unpaired) electrons. The van der Waals surface area contributed by atoms with Crippen LogP contribution in [0.15, 0.2) is 33.7 Å². The fourth-order valence-corrected chi connectivity index (χ4v) is 1.18. The molecule has 1 aromatic rings. The van der Waals surface area contributed by atoms with Gasteiger partial charge in [-0.15, -0.1) is 0 Å². The monoisotopic (exact) mass is 268 g/mol. The Morgan fingerprint density at radius 1 is 1.40 bits per heavy atom. The second-order valence-electron chi connectivity index (χ2n) is 3.31. The van der Waals surface area contributed by atoms with Crippen molar-refractivity contribution in [2.24, 2.45) is 4.99 Å². The number of rotatable bonds is 3. The van der Waals surface area contributed by atoms with Crippen molar-refractivity contribution in [2.75, 3.05) is 20.6 Å². The van der Waals surface area contributed by atoms with Gasteiger partial charge in [0.2, 0.25) is 5.91 Å². The van der Waals surface area contributed by atoms with Crippen molar-refractivity contribution >= 4 is 28.1 Å². The first-order valence-corrected chi connectivity index (χ1v) is 5.34. The quantitative estimate of drug-likeness (QED) is 0.772. The molecule has 0 atom stereocenters. The lowest BCUT2D eigenvalue weighted by Crippen LogP contribution is -2.24. The van der Waals surface area contributed by atoms with Crippen molar-refractivity contribution in [2.45, 2.75) is 0 Å². The third-order valence-electron chi connectivity index (χ3n) is 1.84. The zero-order valence-corrected chi connectivity index (χ0v) is 10.4. The van der Waals surface area contributed by atoms with Crippen LogP contribution in [-0.2, 0) is 4.79 Å². The predicted octanol–water partition coefficient (Wildman–Crippen LogP) is 1.96. The molecule has 1 aromatic carbocycles. The van der Waals surface area contributed by atoms with E-state index in [1.54, 1.807) is 20.3 Å². The van der Waals surface area contributed by atoms with Crippen LogP contribution in [0.2, 0.25) is 0 Å². The molecule has 15 heavy (non-hydrogen) atoms. The molecule has 1 rings (SSSR count). The van der Waals surface area contributed by atoms with Gasteiger partial charge in [0.1, 0.15) is 6.54 Å². The first kappa shape index (κ1) is 11.9. The Bertz CT molecular complexity index is 357. The van der Waals surface area contributed by atoms with E-state index in [1.807, 2.05) is 24.3 Å². The van der Waals surface area contributed by atoms with Gasteiger partial charge in [0, 0.05) is 24.8 Å². The molecule has 0 unspecified atom stereocenters. The molecule has 0 aliphatic rings. The zero-order valence-electron chi connectivity index (χ0n) is 8.77. The molecule has 0 aliphatic carbocycles. The minimum atomic E-state index is 0.00311. The molecule has 4 heteroatoms. The van der Waals surface area contributed by atoms with E-state index in [9.17, 15) is 4.79 Å². The molecule has 0 N–H and O–H groups in total. The maximum atomic E-state index is 11.2.